The molecule has 0 spiro atoms. The SMILES string of the molecule is CC(=O)OC[C@@H](OC(C)=O)[C@@H](OC(C)=O)c1cnn(-c2ccccc2)n1. The Morgan fingerprint density at radius 2 is 1.65 bits per heavy atom. The quantitative estimate of drug-likeness (QED) is 0.537. The second kappa shape index (κ2) is 8.75. The fourth-order valence-electron chi connectivity index (χ4n) is 2.19. The van der Waals surface area contributed by atoms with Crippen LogP contribution in [0.15, 0.2) is 36.5 Å². The molecule has 138 valence electrons. The van der Waals surface area contributed by atoms with Gasteiger partial charge in [-0.25, -0.2) is 0 Å². The van der Waals surface area contributed by atoms with Crippen LogP contribution in [0.25, 0.3) is 5.69 Å². The molecule has 1 aromatic heterocycles. The molecule has 0 fully saturated rings. The van der Waals surface area contributed by atoms with Gasteiger partial charge in [0.25, 0.3) is 0 Å². The highest BCUT2D eigenvalue weighted by Crippen LogP contribution is 2.23. The largest absolute Gasteiger partial charge is 0.462 e. The summed E-state index contributed by atoms with van der Waals surface area (Å²) in [4.78, 5) is 35.4. The van der Waals surface area contributed by atoms with E-state index in [1.165, 1.54) is 31.8 Å². The number of rotatable bonds is 7. The number of ether oxygens (including phenoxy) is 3. The summed E-state index contributed by atoms with van der Waals surface area (Å²) in [6.45, 7) is 3.35. The molecule has 0 saturated carbocycles. The van der Waals surface area contributed by atoms with Crippen molar-refractivity contribution in [3.63, 3.8) is 0 Å². The van der Waals surface area contributed by atoms with Crippen molar-refractivity contribution < 1.29 is 28.6 Å². The van der Waals surface area contributed by atoms with Crippen molar-refractivity contribution in [2.75, 3.05) is 6.61 Å². The first-order chi connectivity index (χ1) is 12.4. The first-order valence-electron chi connectivity index (χ1n) is 7.82. The zero-order valence-corrected chi connectivity index (χ0v) is 14.6. The topological polar surface area (TPSA) is 110 Å². The Balaban J connectivity index is 2.32. The number of aromatic nitrogens is 3. The van der Waals surface area contributed by atoms with Gasteiger partial charge < -0.3 is 14.2 Å². The Hall–Kier alpha value is -3.23. The summed E-state index contributed by atoms with van der Waals surface area (Å²) in [5.74, 6) is -1.78. The standard InChI is InChI=1S/C17H19N3O6/c1-11(21)24-10-16(25-12(2)22)17(26-13(3)23)15-9-18-20(19-15)14-7-5-4-6-8-14/h4-9,16-17H,10H2,1-3H3/t16-,17+/m1/s1. The average molecular weight is 361 g/mol. The van der Waals surface area contributed by atoms with Crippen LogP contribution in [0.1, 0.15) is 32.6 Å². The Labute approximate surface area is 149 Å². The maximum atomic E-state index is 11.5. The third kappa shape index (κ3) is 5.40. The van der Waals surface area contributed by atoms with Crippen LogP contribution >= 0.6 is 0 Å². The molecule has 1 aromatic carbocycles. The van der Waals surface area contributed by atoms with Crippen molar-refractivity contribution in [2.24, 2.45) is 0 Å². The van der Waals surface area contributed by atoms with E-state index in [0.717, 1.165) is 0 Å². The highest BCUT2D eigenvalue weighted by molar-refractivity contribution is 5.68. The second-order valence-electron chi connectivity index (χ2n) is 5.37. The molecule has 0 aliphatic carbocycles. The molecule has 0 aliphatic heterocycles. The van der Waals surface area contributed by atoms with Crippen LogP contribution in [-0.4, -0.2) is 45.6 Å². The molecule has 2 rings (SSSR count). The fourth-order valence-corrected chi connectivity index (χ4v) is 2.19. The monoisotopic (exact) mass is 361 g/mol. The van der Waals surface area contributed by atoms with E-state index in [9.17, 15) is 14.4 Å². The van der Waals surface area contributed by atoms with Crippen molar-refractivity contribution in [2.45, 2.75) is 33.0 Å². The summed E-state index contributed by atoms with van der Waals surface area (Å²) in [5.41, 5.74) is 0.951. The molecule has 0 aliphatic rings. The van der Waals surface area contributed by atoms with Crippen molar-refractivity contribution in [3.05, 3.63) is 42.2 Å². The number of carbonyl (C=O) groups is 3. The molecule has 0 bridgehead atoms. The van der Waals surface area contributed by atoms with Crippen LogP contribution < -0.4 is 0 Å². The van der Waals surface area contributed by atoms with Gasteiger partial charge in [-0.2, -0.15) is 9.90 Å². The van der Waals surface area contributed by atoms with E-state index < -0.39 is 30.1 Å². The summed E-state index contributed by atoms with van der Waals surface area (Å²) in [6, 6.07) is 9.10. The third-order valence-corrected chi connectivity index (χ3v) is 3.19. The highest BCUT2D eigenvalue weighted by atomic mass is 16.6. The van der Waals surface area contributed by atoms with E-state index in [-0.39, 0.29) is 12.3 Å². The van der Waals surface area contributed by atoms with Gasteiger partial charge in [0.05, 0.1) is 11.9 Å². The van der Waals surface area contributed by atoms with E-state index in [2.05, 4.69) is 10.2 Å². The Kier molecular flexibility index (Phi) is 6.42. The molecule has 26 heavy (non-hydrogen) atoms. The molecule has 0 unspecified atom stereocenters. The molecule has 0 saturated heterocycles. The number of hydrogen-bond donors (Lipinski definition) is 0. The number of para-hydroxylation sites is 1. The van der Waals surface area contributed by atoms with Crippen molar-refractivity contribution in [1.82, 2.24) is 15.0 Å². The van der Waals surface area contributed by atoms with E-state index in [0.29, 0.717) is 5.69 Å². The predicted octanol–water partition coefficient (Wildman–Crippen LogP) is 1.37. The van der Waals surface area contributed by atoms with Crippen LogP contribution in [0.5, 0.6) is 0 Å². The third-order valence-electron chi connectivity index (χ3n) is 3.19. The summed E-state index contributed by atoms with van der Waals surface area (Å²) < 4.78 is 15.3. The normalized spacial score (nSPS) is 12.7. The Morgan fingerprint density at radius 1 is 1.00 bits per heavy atom. The van der Waals surface area contributed by atoms with Gasteiger partial charge in [0, 0.05) is 20.8 Å². The molecule has 1 heterocycles. The minimum atomic E-state index is -1.08. The minimum absolute atomic E-state index is 0.252. The van der Waals surface area contributed by atoms with Crippen LogP contribution in [0.3, 0.4) is 0 Å². The number of nitrogens with zero attached hydrogens (tertiary/aromatic N) is 3. The van der Waals surface area contributed by atoms with Crippen molar-refractivity contribution in [3.8, 4) is 5.69 Å². The molecule has 0 radical (unpaired) electrons. The summed E-state index contributed by atoms with van der Waals surface area (Å²) in [5, 5.41) is 8.42. The van der Waals surface area contributed by atoms with Gasteiger partial charge in [-0.3, -0.25) is 14.4 Å². The lowest BCUT2D eigenvalue weighted by molar-refractivity contribution is -0.174. The minimum Gasteiger partial charge on any atom is -0.462 e. The van der Waals surface area contributed by atoms with E-state index in [4.69, 9.17) is 14.2 Å². The summed E-state index contributed by atoms with van der Waals surface area (Å²) in [6.07, 6.45) is -0.736. The summed E-state index contributed by atoms with van der Waals surface area (Å²) >= 11 is 0. The maximum absolute atomic E-state index is 11.5. The predicted molar refractivity (Wildman–Crippen MR) is 88.1 cm³/mol. The molecule has 9 nitrogen and oxygen atoms in total. The van der Waals surface area contributed by atoms with E-state index in [1.807, 2.05) is 18.2 Å². The van der Waals surface area contributed by atoms with Gasteiger partial charge in [-0.1, -0.05) is 18.2 Å². The highest BCUT2D eigenvalue weighted by Gasteiger charge is 2.32. The number of carbonyl (C=O) groups excluding carboxylic acids is 3. The lowest BCUT2D eigenvalue weighted by atomic mass is 10.1. The van der Waals surface area contributed by atoms with Crippen molar-refractivity contribution in [1.29, 1.82) is 0 Å². The molecule has 2 atom stereocenters. The second-order valence-corrected chi connectivity index (χ2v) is 5.37. The molecule has 0 N–H and O–H groups in total. The van der Waals surface area contributed by atoms with Crippen LogP contribution in [0.4, 0.5) is 0 Å². The molecular weight excluding hydrogens is 342 g/mol. The zero-order chi connectivity index (χ0) is 19.1. The molecular formula is C17H19N3O6. The molecule has 0 amide bonds. The fraction of sp³-hybridized carbons (Fsp3) is 0.353. The van der Waals surface area contributed by atoms with Gasteiger partial charge in [0.2, 0.25) is 0 Å². The number of hydrogen-bond acceptors (Lipinski definition) is 8. The first-order valence-corrected chi connectivity index (χ1v) is 7.82. The van der Waals surface area contributed by atoms with Crippen LogP contribution in [0, 0.1) is 0 Å². The Morgan fingerprint density at radius 3 is 2.23 bits per heavy atom. The smallest absolute Gasteiger partial charge is 0.303 e. The average Bonchev–Trinajstić information content (AvgIpc) is 3.06. The summed E-state index contributed by atoms with van der Waals surface area (Å²) in [7, 11) is 0. The van der Waals surface area contributed by atoms with Gasteiger partial charge in [0.15, 0.2) is 12.2 Å². The van der Waals surface area contributed by atoms with Gasteiger partial charge in [-0.05, 0) is 12.1 Å². The zero-order valence-electron chi connectivity index (χ0n) is 14.6. The lowest BCUT2D eigenvalue weighted by Crippen LogP contribution is -2.33. The van der Waals surface area contributed by atoms with E-state index >= 15 is 0 Å². The van der Waals surface area contributed by atoms with Crippen molar-refractivity contribution >= 4 is 17.9 Å². The lowest BCUT2D eigenvalue weighted by Gasteiger charge is -2.24. The number of esters is 3. The van der Waals surface area contributed by atoms with Crippen LogP contribution in [-0.2, 0) is 28.6 Å². The molecule has 9 heteroatoms. The van der Waals surface area contributed by atoms with Gasteiger partial charge in [-0.15, -0.1) is 5.10 Å². The van der Waals surface area contributed by atoms with Gasteiger partial charge >= 0.3 is 17.9 Å². The van der Waals surface area contributed by atoms with Gasteiger partial charge in [0.1, 0.15) is 12.3 Å². The number of benzene rings is 1. The maximum Gasteiger partial charge on any atom is 0.303 e. The first kappa shape index (κ1) is 19.1. The van der Waals surface area contributed by atoms with Crippen LogP contribution in [0.2, 0.25) is 0 Å². The van der Waals surface area contributed by atoms with E-state index in [1.54, 1.807) is 12.1 Å². The Bertz CT molecular complexity index is 774. The molecule has 2 aromatic rings.